The minimum absolute atomic E-state index is 0.00955. The van der Waals surface area contributed by atoms with E-state index in [9.17, 15) is 29.1 Å². The van der Waals surface area contributed by atoms with Gasteiger partial charge in [0.05, 0.1) is 18.6 Å². The fourth-order valence-electron chi connectivity index (χ4n) is 4.90. The molecule has 4 unspecified atom stereocenters. The molecule has 0 aromatic heterocycles. The number of aliphatic hydroxyl groups excluding tert-OH is 1. The van der Waals surface area contributed by atoms with Gasteiger partial charge in [-0.3, -0.25) is 9.59 Å². The summed E-state index contributed by atoms with van der Waals surface area (Å²) in [6.07, 6.45) is 2.19. The first-order chi connectivity index (χ1) is 24.7. The van der Waals surface area contributed by atoms with Crippen LogP contribution in [0.25, 0.3) is 0 Å². The lowest BCUT2D eigenvalue weighted by molar-refractivity contribution is -0.156. The number of carbonyl (C=O) groups is 5. The molecule has 0 heterocycles. The van der Waals surface area contributed by atoms with Crippen molar-refractivity contribution in [2.75, 3.05) is 13.2 Å². The van der Waals surface area contributed by atoms with Crippen LogP contribution in [0, 0.1) is 5.92 Å². The van der Waals surface area contributed by atoms with E-state index in [2.05, 4.69) is 29.1 Å². The highest BCUT2D eigenvalue weighted by Crippen LogP contribution is 2.13. The third kappa shape index (κ3) is 14.7. The Kier molecular flexibility index (Phi) is 17.2. The second-order valence-electron chi connectivity index (χ2n) is 11.6. The van der Waals surface area contributed by atoms with Crippen LogP contribution < -0.4 is 16.0 Å². The SMILES string of the molecule is C=CCC(CC(=O)NC(CO)Cc1ccccc1)C(=O)NC(COC(=O)C(CC=C)NC(=O)OCc1ccccc1)C(=O)OCc1ccccc1. The summed E-state index contributed by atoms with van der Waals surface area (Å²) in [5.41, 5.74) is 2.35. The molecule has 3 rings (SSSR count). The molecule has 270 valence electrons. The lowest BCUT2D eigenvalue weighted by Crippen LogP contribution is -2.49. The maximum atomic E-state index is 13.5. The van der Waals surface area contributed by atoms with Gasteiger partial charge in [0.2, 0.25) is 11.8 Å². The predicted octanol–water partition coefficient (Wildman–Crippen LogP) is 3.93. The van der Waals surface area contributed by atoms with Gasteiger partial charge < -0.3 is 35.3 Å². The molecule has 4 atom stereocenters. The van der Waals surface area contributed by atoms with Crippen LogP contribution in [0.2, 0.25) is 0 Å². The molecule has 0 spiro atoms. The third-order valence-corrected chi connectivity index (χ3v) is 7.57. The van der Waals surface area contributed by atoms with Crippen LogP contribution in [0.15, 0.2) is 116 Å². The number of alkyl carbamates (subject to hydrolysis) is 1. The second-order valence-corrected chi connectivity index (χ2v) is 11.6. The van der Waals surface area contributed by atoms with Gasteiger partial charge in [-0.1, -0.05) is 103 Å². The number of rotatable bonds is 21. The first-order valence-corrected chi connectivity index (χ1v) is 16.5. The van der Waals surface area contributed by atoms with Crippen molar-refractivity contribution in [1.82, 2.24) is 16.0 Å². The number of esters is 2. The Morgan fingerprint density at radius 2 is 1.18 bits per heavy atom. The van der Waals surface area contributed by atoms with Crippen molar-refractivity contribution in [3.8, 4) is 0 Å². The molecule has 0 bridgehead atoms. The van der Waals surface area contributed by atoms with Crippen LogP contribution in [0.5, 0.6) is 0 Å². The first kappa shape index (κ1) is 39.7. The van der Waals surface area contributed by atoms with Gasteiger partial charge in [0.25, 0.3) is 0 Å². The Balaban J connectivity index is 1.66. The topological polar surface area (TPSA) is 169 Å². The molecule has 0 aliphatic heterocycles. The van der Waals surface area contributed by atoms with Crippen molar-refractivity contribution in [2.45, 2.75) is 57.0 Å². The zero-order valence-electron chi connectivity index (χ0n) is 28.4. The van der Waals surface area contributed by atoms with E-state index in [4.69, 9.17) is 14.2 Å². The van der Waals surface area contributed by atoms with E-state index in [0.717, 1.165) is 11.1 Å². The maximum Gasteiger partial charge on any atom is 0.408 e. The summed E-state index contributed by atoms with van der Waals surface area (Å²) in [5.74, 6) is -3.92. The monoisotopic (exact) mass is 699 g/mol. The standard InChI is InChI=1S/C39H45N3O9/c1-3-14-31(23-35(44)40-32(24-43)22-28-16-8-5-9-17-28)36(45)41-34(38(47)49-25-29-18-10-6-11-19-29)27-50-37(46)33(15-4-2)42-39(48)51-26-30-20-12-7-13-21-30/h3-13,16-21,31-34,43H,1-2,14-15,22-27H2,(H,40,44)(H,41,45)(H,42,48). The van der Waals surface area contributed by atoms with Crippen molar-refractivity contribution in [3.63, 3.8) is 0 Å². The molecule has 0 saturated heterocycles. The van der Waals surface area contributed by atoms with Gasteiger partial charge >= 0.3 is 18.0 Å². The van der Waals surface area contributed by atoms with Crippen molar-refractivity contribution >= 4 is 29.8 Å². The summed E-state index contributed by atoms with van der Waals surface area (Å²) in [6.45, 7) is 6.21. The molecule has 0 aliphatic carbocycles. The van der Waals surface area contributed by atoms with Crippen molar-refractivity contribution in [2.24, 2.45) is 5.92 Å². The van der Waals surface area contributed by atoms with Gasteiger partial charge in [-0.2, -0.15) is 0 Å². The lowest BCUT2D eigenvalue weighted by atomic mass is 9.98. The van der Waals surface area contributed by atoms with E-state index in [1.54, 1.807) is 54.6 Å². The van der Waals surface area contributed by atoms with Crippen molar-refractivity contribution < 1.29 is 43.3 Å². The molecule has 0 saturated carbocycles. The number of hydrogen-bond donors (Lipinski definition) is 4. The average molecular weight is 700 g/mol. The second kappa shape index (κ2) is 22.1. The molecule has 0 aliphatic rings. The number of benzene rings is 3. The lowest BCUT2D eigenvalue weighted by Gasteiger charge is -2.23. The fourth-order valence-corrected chi connectivity index (χ4v) is 4.90. The Morgan fingerprint density at radius 3 is 1.73 bits per heavy atom. The quantitative estimate of drug-likeness (QED) is 0.0731. The number of aliphatic hydroxyl groups is 1. The van der Waals surface area contributed by atoms with Crippen LogP contribution in [-0.4, -0.2) is 66.3 Å². The van der Waals surface area contributed by atoms with Crippen LogP contribution >= 0.6 is 0 Å². The molecule has 12 heteroatoms. The highest BCUT2D eigenvalue weighted by atomic mass is 16.6. The Labute approximate surface area is 297 Å². The van der Waals surface area contributed by atoms with E-state index < -0.39 is 60.5 Å². The first-order valence-electron chi connectivity index (χ1n) is 16.5. The van der Waals surface area contributed by atoms with Crippen LogP contribution in [0.1, 0.15) is 36.0 Å². The van der Waals surface area contributed by atoms with Gasteiger partial charge in [0.15, 0.2) is 6.04 Å². The fraction of sp³-hybridized carbons (Fsp3) is 0.308. The molecular weight excluding hydrogens is 654 g/mol. The highest BCUT2D eigenvalue weighted by Gasteiger charge is 2.31. The van der Waals surface area contributed by atoms with Gasteiger partial charge in [0.1, 0.15) is 25.9 Å². The minimum Gasteiger partial charge on any atom is -0.461 e. The molecular formula is C39H45N3O9. The molecule has 3 amide bonds. The summed E-state index contributed by atoms with van der Waals surface area (Å²) in [5, 5.41) is 17.6. The normalized spacial score (nSPS) is 12.9. The molecule has 3 aromatic carbocycles. The summed E-state index contributed by atoms with van der Waals surface area (Å²) in [7, 11) is 0. The van der Waals surface area contributed by atoms with E-state index in [1.807, 2.05) is 36.4 Å². The smallest absolute Gasteiger partial charge is 0.408 e. The van der Waals surface area contributed by atoms with Crippen molar-refractivity contribution in [1.29, 1.82) is 0 Å². The predicted molar refractivity (Wildman–Crippen MR) is 190 cm³/mol. The number of ether oxygens (including phenoxy) is 3. The average Bonchev–Trinajstić information content (AvgIpc) is 3.15. The van der Waals surface area contributed by atoms with Gasteiger partial charge in [0, 0.05) is 6.42 Å². The Bertz CT molecular complexity index is 1570. The minimum atomic E-state index is -1.46. The van der Waals surface area contributed by atoms with E-state index in [1.165, 1.54) is 12.2 Å². The molecule has 4 N–H and O–H groups in total. The summed E-state index contributed by atoms with van der Waals surface area (Å²) >= 11 is 0. The van der Waals surface area contributed by atoms with Crippen molar-refractivity contribution in [3.05, 3.63) is 133 Å². The number of nitrogens with one attached hydrogen (secondary N) is 3. The molecule has 3 aromatic rings. The highest BCUT2D eigenvalue weighted by molar-refractivity contribution is 5.89. The summed E-state index contributed by atoms with van der Waals surface area (Å²) in [4.78, 5) is 65.3. The van der Waals surface area contributed by atoms with E-state index >= 15 is 0 Å². The Morgan fingerprint density at radius 1 is 0.647 bits per heavy atom. The van der Waals surface area contributed by atoms with Gasteiger partial charge in [-0.25, -0.2) is 14.4 Å². The molecule has 0 fully saturated rings. The van der Waals surface area contributed by atoms with Crippen LogP contribution in [0.4, 0.5) is 4.79 Å². The number of allylic oxidation sites excluding steroid dienone is 1. The third-order valence-electron chi connectivity index (χ3n) is 7.57. The zero-order valence-corrected chi connectivity index (χ0v) is 28.4. The van der Waals surface area contributed by atoms with E-state index in [0.29, 0.717) is 12.0 Å². The molecule has 51 heavy (non-hydrogen) atoms. The van der Waals surface area contributed by atoms with Gasteiger partial charge in [-0.15, -0.1) is 13.2 Å². The number of hydrogen-bond acceptors (Lipinski definition) is 9. The summed E-state index contributed by atoms with van der Waals surface area (Å²) in [6, 6.07) is 23.9. The maximum absolute atomic E-state index is 13.5. The zero-order chi connectivity index (χ0) is 36.8. The number of carbonyl (C=O) groups excluding carboxylic acids is 5. The van der Waals surface area contributed by atoms with E-state index in [-0.39, 0.29) is 39.1 Å². The van der Waals surface area contributed by atoms with Gasteiger partial charge in [-0.05, 0) is 36.0 Å². The largest absolute Gasteiger partial charge is 0.461 e. The van der Waals surface area contributed by atoms with Crippen LogP contribution in [-0.2, 0) is 53.0 Å². The molecule has 0 radical (unpaired) electrons. The number of amides is 3. The van der Waals surface area contributed by atoms with Crippen LogP contribution in [0.3, 0.4) is 0 Å². The molecule has 12 nitrogen and oxygen atoms in total. The Hall–Kier alpha value is -5.75. The summed E-state index contributed by atoms with van der Waals surface area (Å²) < 4.78 is 16.0.